The smallest absolute Gasteiger partial charge is 0.312 e. The number of hydrogen-bond donors (Lipinski definition) is 2. The maximum Gasteiger partial charge on any atom is 0.312 e. The lowest BCUT2D eigenvalue weighted by Gasteiger charge is -2.20. The van der Waals surface area contributed by atoms with Gasteiger partial charge in [-0.1, -0.05) is 30.3 Å². The number of carbonyl (C=O) groups is 1. The fourth-order valence-corrected chi connectivity index (χ4v) is 1.66. The van der Waals surface area contributed by atoms with E-state index in [2.05, 4.69) is 0 Å². The molecule has 0 saturated carbocycles. The summed E-state index contributed by atoms with van der Waals surface area (Å²) < 4.78 is 4.87. The van der Waals surface area contributed by atoms with Crippen molar-refractivity contribution in [3.63, 3.8) is 0 Å². The third kappa shape index (κ3) is 4.17. The maximum absolute atomic E-state index is 11.5. The summed E-state index contributed by atoms with van der Waals surface area (Å²) in [6.07, 6.45) is 0.547. The van der Waals surface area contributed by atoms with E-state index in [1.54, 1.807) is 6.92 Å². The summed E-state index contributed by atoms with van der Waals surface area (Å²) in [5.41, 5.74) is 6.98. The molecular formula is C13H19NO3. The normalized spacial score (nSPS) is 14.1. The van der Waals surface area contributed by atoms with Crippen LogP contribution in [0, 0.1) is 5.92 Å². The van der Waals surface area contributed by atoms with Crippen LogP contribution in [-0.4, -0.2) is 30.3 Å². The number of ether oxygens (including phenoxy) is 1. The first-order valence-corrected chi connectivity index (χ1v) is 5.76. The minimum absolute atomic E-state index is 0.285. The van der Waals surface area contributed by atoms with Crippen molar-refractivity contribution in [1.82, 2.24) is 0 Å². The van der Waals surface area contributed by atoms with Gasteiger partial charge in [0.1, 0.15) is 0 Å². The Balaban J connectivity index is 2.60. The number of hydrogen-bond acceptors (Lipinski definition) is 4. The van der Waals surface area contributed by atoms with Crippen molar-refractivity contribution >= 4 is 5.97 Å². The second-order valence-electron chi connectivity index (χ2n) is 3.89. The third-order valence-electron chi connectivity index (χ3n) is 2.62. The molecule has 0 spiro atoms. The van der Waals surface area contributed by atoms with Gasteiger partial charge in [0.15, 0.2) is 0 Å². The van der Waals surface area contributed by atoms with Crippen LogP contribution in [0.25, 0.3) is 0 Å². The van der Waals surface area contributed by atoms with E-state index in [9.17, 15) is 9.90 Å². The highest BCUT2D eigenvalue weighted by Crippen LogP contribution is 2.10. The Kier molecular flexibility index (Phi) is 5.66. The Bertz CT molecular complexity index is 340. The van der Waals surface area contributed by atoms with E-state index < -0.39 is 17.9 Å². The Morgan fingerprint density at radius 1 is 1.41 bits per heavy atom. The van der Waals surface area contributed by atoms with Crippen LogP contribution < -0.4 is 5.73 Å². The van der Waals surface area contributed by atoms with Gasteiger partial charge < -0.3 is 15.6 Å². The van der Waals surface area contributed by atoms with Crippen molar-refractivity contribution in [2.24, 2.45) is 11.7 Å². The molecule has 0 unspecified atom stereocenters. The van der Waals surface area contributed by atoms with Gasteiger partial charge >= 0.3 is 5.97 Å². The van der Waals surface area contributed by atoms with Gasteiger partial charge in [0, 0.05) is 6.04 Å². The molecule has 0 amide bonds. The first-order valence-electron chi connectivity index (χ1n) is 5.76. The zero-order valence-corrected chi connectivity index (χ0v) is 10.0. The lowest BCUT2D eigenvalue weighted by atomic mass is 9.95. The van der Waals surface area contributed by atoms with Crippen molar-refractivity contribution in [1.29, 1.82) is 0 Å². The minimum atomic E-state index is -0.657. The van der Waals surface area contributed by atoms with Crippen LogP contribution in [0.1, 0.15) is 12.5 Å². The summed E-state index contributed by atoms with van der Waals surface area (Å²) in [4.78, 5) is 11.5. The molecule has 0 saturated heterocycles. The maximum atomic E-state index is 11.5. The third-order valence-corrected chi connectivity index (χ3v) is 2.62. The molecule has 0 heterocycles. The minimum Gasteiger partial charge on any atom is -0.466 e. The molecule has 1 aromatic carbocycles. The lowest BCUT2D eigenvalue weighted by Crippen LogP contribution is -2.40. The van der Waals surface area contributed by atoms with E-state index in [-0.39, 0.29) is 6.61 Å². The van der Waals surface area contributed by atoms with E-state index in [1.165, 1.54) is 0 Å². The Hall–Kier alpha value is -1.39. The first-order chi connectivity index (χ1) is 8.19. The molecule has 0 aromatic heterocycles. The van der Waals surface area contributed by atoms with E-state index >= 15 is 0 Å². The highest BCUT2D eigenvalue weighted by molar-refractivity contribution is 5.73. The lowest BCUT2D eigenvalue weighted by molar-refractivity contribution is -0.150. The number of rotatable bonds is 6. The summed E-state index contributed by atoms with van der Waals surface area (Å²) in [6.45, 7) is 1.75. The molecular weight excluding hydrogens is 218 g/mol. The molecule has 0 aliphatic heterocycles. The number of aliphatic hydroxyl groups excluding tert-OH is 1. The van der Waals surface area contributed by atoms with E-state index in [4.69, 9.17) is 10.5 Å². The quantitative estimate of drug-likeness (QED) is 0.715. The number of nitrogens with two attached hydrogens (primary N) is 1. The first kappa shape index (κ1) is 13.7. The molecule has 0 aliphatic carbocycles. The summed E-state index contributed by atoms with van der Waals surface area (Å²) in [5.74, 6) is -1.09. The SMILES string of the molecule is CCOC(=O)[C@H](CO)[C@H](N)Cc1ccccc1. The molecule has 0 radical (unpaired) electrons. The number of benzene rings is 1. The monoisotopic (exact) mass is 237 g/mol. The van der Waals surface area contributed by atoms with Crippen LogP contribution >= 0.6 is 0 Å². The van der Waals surface area contributed by atoms with E-state index in [0.717, 1.165) is 5.56 Å². The predicted molar refractivity (Wildman–Crippen MR) is 65.3 cm³/mol. The summed E-state index contributed by atoms with van der Waals surface area (Å²) in [6, 6.07) is 9.21. The number of esters is 1. The standard InChI is InChI=1S/C13H19NO3/c1-2-17-13(16)11(9-15)12(14)8-10-6-4-3-5-7-10/h3-7,11-12,15H,2,8-9,14H2,1H3/t11-,12-/m1/s1. The van der Waals surface area contributed by atoms with Crippen LogP contribution in [0.5, 0.6) is 0 Å². The van der Waals surface area contributed by atoms with Crippen molar-refractivity contribution in [3.05, 3.63) is 35.9 Å². The van der Waals surface area contributed by atoms with Gasteiger partial charge in [0.2, 0.25) is 0 Å². The molecule has 1 aromatic rings. The highest BCUT2D eigenvalue weighted by atomic mass is 16.5. The van der Waals surface area contributed by atoms with Crippen molar-refractivity contribution in [2.45, 2.75) is 19.4 Å². The Morgan fingerprint density at radius 2 is 2.06 bits per heavy atom. The Morgan fingerprint density at radius 3 is 2.59 bits per heavy atom. The number of carbonyl (C=O) groups excluding carboxylic acids is 1. The van der Waals surface area contributed by atoms with Crippen molar-refractivity contribution < 1.29 is 14.6 Å². The van der Waals surface area contributed by atoms with Gasteiger partial charge in [0.25, 0.3) is 0 Å². The van der Waals surface area contributed by atoms with Crippen LogP contribution in [0.3, 0.4) is 0 Å². The zero-order valence-electron chi connectivity index (χ0n) is 10.0. The van der Waals surface area contributed by atoms with Gasteiger partial charge in [-0.15, -0.1) is 0 Å². The number of aliphatic hydroxyl groups is 1. The van der Waals surface area contributed by atoms with Gasteiger partial charge in [-0.3, -0.25) is 4.79 Å². The molecule has 4 heteroatoms. The van der Waals surface area contributed by atoms with Gasteiger partial charge in [-0.25, -0.2) is 0 Å². The average Bonchev–Trinajstić information content (AvgIpc) is 2.31. The highest BCUT2D eigenvalue weighted by Gasteiger charge is 2.26. The van der Waals surface area contributed by atoms with Gasteiger partial charge in [-0.2, -0.15) is 0 Å². The molecule has 1 rings (SSSR count). The predicted octanol–water partition coefficient (Wildman–Crippen LogP) is 0.728. The Labute approximate surface area is 101 Å². The second-order valence-corrected chi connectivity index (χ2v) is 3.89. The largest absolute Gasteiger partial charge is 0.466 e. The molecule has 3 N–H and O–H groups in total. The van der Waals surface area contributed by atoms with E-state index in [1.807, 2.05) is 30.3 Å². The fraction of sp³-hybridized carbons (Fsp3) is 0.462. The van der Waals surface area contributed by atoms with Crippen molar-refractivity contribution in [3.8, 4) is 0 Å². The molecule has 2 atom stereocenters. The van der Waals surface area contributed by atoms with Gasteiger partial charge in [-0.05, 0) is 18.9 Å². The summed E-state index contributed by atoms with van der Waals surface area (Å²) >= 11 is 0. The summed E-state index contributed by atoms with van der Waals surface area (Å²) in [5, 5.41) is 9.19. The molecule has 4 nitrogen and oxygen atoms in total. The molecule has 0 fully saturated rings. The van der Waals surface area contributed by atoms with Gasteiger partial charge in [0.05, 0.1) is 19.1 Å². The van der Waals surface area contributed by atoms with Crippen LogP contribution in [0.15, 0.2) is 30.3 Å². The van der Waals surface area contributed by atoms with Crippen LogP contribution in [0.4, 0.5) is 0 Å². The topological polar surface area (TPSA) is 72.5 Å². The molecule has 0 bridgehead atoms. The molecule has 0 aliphatic rings. The van der Waals surface area contributed by atoms with Crippen LogP contribution in [-0.2, 0) is 16.0 Å². The molecule has 94 valence electrons. The second kappa shape index (κ2) is 7.04. The fourth-order valence-electron chi connectivity index (χ4n) is 1.66. The molecule has 17 heavy (non-hydrogen) atoms. The van der Waals surface area contributed by atoms with Crippen LogP contribution in [0.2, 0.25) is 0 Å². The summed E-state index contributed by atoms with van der Waals surface area (Å²) in [7, 11) is 0. The average molecular weight is 237 g/mol. The van der Waals surface area contributed by atoms with Crippen molar-refractivity contribution in [2.75, 3.05) is 13.2 Å². The zero-order chi connectivity index (χ0) is 12.7. The van der Waals surface area contributed by atoms with E-state index in [0.29, 0.717) is 13.0 Å².